The lowest BCUT2D eigenvalue weighted by atomic mass is 9.96. The monoisotopic (exact) mass is 417 g/mol. The van der Waals surface area contributed by atoms with Crippen LogP contribution in [0.25, 0.3) is 11.0 Å². The fraction of sp³-hybridized carbons (Fsp3) is 0.550. The number of rotatable bonds is 5. The molecule has 8 nitrogen and oxygen atoms in total. The van der Waals surface area contributed by atoms with Crippen LogP contribution in [0.3, 0.4) is 0 Å². The zero-order valence-electron chi connectivity index (χ0n) is 18.0. The Morgan fingerprint density at radius 1 is 1.14 bits per heavy atom. The van der Waals surface area contributed by atoms with Crippen LogP contribution in [0.15, 0.2) is 19.1 Å². The van der Waals surface area contributed by atoms with E-state index >= 15 is 0 Å². The maximum absolute atomic E-state index is 13.0. The predicted octanol–water partition coefficient (Wildman–Crippen LogP) is 3.09. The number of aryl methyl sites for hydroxylation is 3. The van der Waals surface area contributed by atoms with Crippen LogP contribution in [-0.2, 0) is 24.8 Å². The van der Waals surface area contributed by atoms with E-state index < -0.39 is 0 Å². The lowest BCUT2D eigenvalue weighted by molar-refractivity contribution is 0.392. The van der Waals surface area contributed by atoms with Crippen LogP contribution in [0, 0.1) is 13.8 Å². The highest BCUT2D eigenvalue weighted by Crippen LogP contribution is 2.30. The molecular weight excluding hydrogens is 390 g/mol. The van der Waals surface area contributed by atoms with Crippen molar-refractivity contribution in [1.29, 1.82) is 0 Å². The van der Waals surface area contributed by atoms with Crippen LogP contribution in [0.1, 0.15) is 57.0 Å². The van der Waals surface area contributed by atoms with Crippen LogP contribution in [-0.4, -0.2) is 24.3 Å². The van der Waals surface area contributed by atoms with E-state index in [0.29, 0.717) is 34.2 Å². The smallest absolute Gasteiger partial charge is 0.332 e. The van der Waals surface area contributed by atoms with E-state index in [2.05, 4.69) is 10.1 Å². The summed E-state index contributed by atoms with van der Waals surface area (Å²) >= 11 is 1.44. The minimum atomic E-state index is -0.376. The van der Waals surface area contributed by atoms with Gasteiger partial charge in [-0.15, -0.1) is 11.8 Å². The normalized spacial score (nSPS) is 12.1. The molecule has 29 heavy (non-hydrogen) atoms. The Morgan fingerprint density at radius 2 is 1.83 bits per heavy atom. The van der Waals surface area contributed by atoms with Gasteiger partial charge in [-0.2, -0.15) is 0 Å². The van der Waals surface area contributed by atoms with Gasteiger partial charge in [0, 0.05) is 30.3 Å². The van der Waals surface area contributed by atoms with Crippen molar-refractivity contribution >= 4 is 22.8 Å². The molecule has 0 aliphatic rings. The molecule has 0 amide bonds. The second-order valence-corrected chi connectivity index (χ2v) is 9.15. The molecule has 0 saturated carbocycles. The quantitative estimate of drug-likeness (QED) is 0.465. The van der Waals surface area contributed by atoms with E-state index in [1.165, 1.54) is 18.8 Å². The average Bonchev–Trinajstić information content (AvgIpc) is 2.98. The van der Waals surface area contributed by atoms with Crippen molar-refractivity contribution < 1.29 is 4.52 Å². The molecule has 0 aliphatic carbocycles. The lowest BCUT2D eigenvalue weighted by Gasteiger charge is -2.20. The molecule has 0 aromatic carbocycles. The van der Waals surface area contributed by atoms with E-state index in [1.54, 1.807) is 4.57 Å². The molecule has 0 spiro atoms. The third-order valence-electron chi connectivity index (χ3n) is 4.80. The molecule has 0 saturated heterocycles. The number of nitrogens with zero attached hydrogens (tertiary/aromatic N) is 5. The van der Waals surface area contributed by atoms with E-state index in [-0.39, 0.29) is 16.7 Å². The van der Waals surface area contributed by atoms with Gasteiger partial charge in [0.2, 0.25) is 0 Å². The summed E-state index contributed by atoms with van der Waals surface area (Å²) in [6.45, 7) is 12.3. The molecule has 3 heterocycles. The Morgan fingerprint density at radius 3 is 2.38 bits per heavy atom. The highest BCUT2D eigenvalue weighted by molar-refractivity contribution is 7.98. The van der Waals surface area contributed by atoms with Crippen LogP contribution in [0.4, 0.5) is 0 Å². The van der Waals surface area contributed by atoms with Crippen molar-refractivity contribution in [3.63, 3.8) is 0 Å². The van der Waals surface area contributed by atoms with Gasteiger partial charge >= 0.3 is 5.69 Å². The van der Waals surface area contributed by atoms with Crippen molar-refractivity contribution in [2.45, 2.75) is 70.7 Å². The van der Waals surface area contributed by atoms with Crippen molar-refractivity contribution in [2.24, 2.45) is 7.05 Å². The van der Waals surface area contributed by atoms with Gasteiger partial charge in [0.1, 0.15) is 22.0 Å². The highest BCUT2D eigenvalue weighted by atomic mass is 32.2. The first-order valence-corrected chi connectivity index (χ1v) is 10.6. The first-order chi connectivity index (χ1) is 13.6. The third kappa shape index (κ3) is 3.88. The Balaban J connectivity index is 2.29. The van der Waals surface area contributed by atoms with E-state index in [1.807, 2.05) is 41.5 Å². The van der Waals surface area contributed by atoms with E-state index in [4.69, 9.17) is 9.51 Å². The van der Waals surface area contributed by atoms with Gasteiger partial charge in [0.25, 0.3) is 5.56 Å². The molecule has 0 bridgehead atoms. The van der Waals surface area contributed by atoms with E-state index in [9.17, 15) is 9.59 Å². The Bertz CT molecular complexity index is 1160. The van der Waals surface area contributed by atoms with Gasteiger partial charge in [-0.25, -0.2) is 14.8 Å². The van der Waals surface area contributed by atoms with Gasteiger partial charge in [0.15, 0.2) is 5.65 Å². The van der Waals surface area contributed by atoms with Crippen molar-refractivity contribution in [3.05, 3.63) is 43.7 Å². The van der Waals surface area contributed by atoms with Crippen LogP contribution < -0.4 is 11.2 Å². The van der Waals surface area contributed by atoms with Gasteiger partial charge in [-0.1, -0.05) is 32.9 Å². The van der Waals surface area contributed by atoms with Gasteiger partial charge in [-0.05, 0) is 20.3 Å². The van der Waals surface area contributed by atoms with Crippen LogP contribution >= 0.6 is 11.8 Å². The summed E-state index contributed by atoms with van der Waals surface area (Å²) in [7, 11) is 1.50. The fourth-order valence-electron chi connectivity index (χ4n) is 3.05. The largest absolute Gasteiger partial charge is 0.361 e. The Labute approximate surface area is 173 Å². The second kappa shape index (κ2) is 7.78. The summed E-state index contributed by atoms with van der Waals surface area (Å²) in [4.78, 5) is 35.1. The molecule has 0 radical (unpaired) electrons. The van der Waals surface area contributed by atoms with Crippen LogP contribution in [0.5, 0.6) is 0 Å². The molecule has 3 aromatic rings. The summed E-state index contributed by atoms with van der Waals surface area (Å²) in [5.74, 6) is 1.91. The molecule has 0 fully saturated rings. The third-order valence-corrected chi connectivity index (χ3v) is 5.80. The summed E-state index contributed by atoms with van der Waals surface area (Å²) in [6.07, 6.45) is 0.754. The van der Waals surface area contributed by atoms with Crippen molar-refractivity contribution in [1.82, 2.24) is 24.3 Å². The maximum Gasteiger partial charge on any atom is 0.332 e. The molecule has 156 valence electrons. The summed E-state index contributed by atoms with van der Waals surface area (Å²) in [6, 6.07) is 0. The number of fused-ring (bicyclic) bond motifs is 1. The predicted molar refractivity (Wildman–Crippen MR) is 114 cm³/mol. The maximum atomic E-state index is 13.0. The minimum Gasteiger partial charge on any atom is -0.361 e. The van der Waals surface area contributed by atoms with Gasteiger partial charge < -0.3 is 4.52 Å². The number of hydrogen-bond donors (Lipinski definition) is 0. The molecule has 3 aromatic heterocycles. The number of thioether (sulfide) groups is 1. The first-order valence-electron chi connectivity index (χ1n) is 9.62. The standard InChI is InChI=1S/C20H27N5O3S/c1-8-9-25-15-14(17(26)24(7)19(25)27)16(22-18(21-15)20(4,5)6)29-10-13-11(2)23-28-12(13)3/h8-10H2,1-7H3. The van der Waals surface area contributed by atoms with Gasteiger partial charge in [0.05, 0.1) is 5.69 Å². The molecule has 0 aliphatic heterocycles. The zero-order chi connectivity index (χ0) is 21.5. The van der Waals surface area contributed by atoms with Crippen LogP contribution in [0.2, 0.25) is 0 Å². The minimum absolute atomic E-state index is 0.333. The summed E-state index contributed by atoms with van der Waals surface area (Å²) in [5.41, 5.74) is 1.14. The topological polar surface area (TPSA) is 95.8 Å². The zero-order valence-corrected chi connectivity index (χ0v) is 18.8. The number of hydrogen-bond acceptors (Lipinski definition) is 7. The highest BCUT2D eigenvalue weighted by Gasteiger charge is 2.24. The second-order valence-electron chi connectivity index (χ2n) is 8.19. The van der Waals surface area contributed by atoms with E-state index in [0.717, 1.165) is 28.0 Å². The number of aromatic nitrogens is 5. The molecule has 0 atom stereocenters. The SMILES string of the molecule is CCCn1c(=O)n(C)c(=O)c2c(SCc3c(C)noc3C)nc(C(C)(C)C)nc21. The molecule has 0 N–H and O–H groups in total. The molecular formula is C20H27N5O3S. The van der Waals surface area contributed by atoms with Crippen molar-refractivity contribution in [2.75, 3.05) is 0 Å². The average molecular weight is 418 g/mol. The molecule has 0 unspecified atom stereocenters. The van der Waals surface area contributed by atoms with Crippen molar-refractivity contribution in [3.8, 4) is 0 Å². The molecule has 3 rings (SSSR count). The Kier molecular flexibility index (Phi) is 5.71. The lowest BCUT2D eigenvalue weighted by Crippen LogP contribution is -2.39. The molecule has 9 heteroatoms. The van der Waals surface area contributed by atoms with Gasteiger partial charge in [-0.3, -0.25) is 13.9 Å². The summed E-state index contributed by atoms with van der Waals surface area (Å²) < 4.78 is 7.97. The fourth-order valence-corrected chi connectivity index (χ4v) is 4.22. The Hall–Kier alpha value is -2.42. The first kappa shape index (κ1) is 21.3. The summed E-state index contributed by atoms with van der Waals surface area (Å²) in [5, 5.41) is 4.95.